The Morgan fingerprint density at radius 2 is 0.927 bits per heavy atom. The number of nitrogens with zero attached hydrogens (tertiary/aromatic N) is 4. The van der Waals surface area contributed by atoms with E-state index in [0.717, 1.165) is 33.5 Å². The first-order chi connectivity index (χ1) is 26.8. The van der Waals surface area contributed by atoms with Gasteiger partial charge in [0.2, 0.25) is 0 Å². The molecule has 264 valence electrons. The fraction of sp³-hybridized carbons (Fsp3) is 0.118. The fourth-order valence-electron chi connectivity index (χ4n) is 8.73. The van der Waals surface area contributed by atoms with Gasteiger partial charge >= 0.3 is 0 Å². The van der Waals surface area contributed by atoms with E-state index < -0.39 is 0 Å². The summed E-state index contributed by atoms with van der Waals surface area (Å²) in [6.07, 6.45) is 0. The van der Waals surface area contributed by atoms with Crippen molar-refractivity contribution in [2.75, 3.05) is 0 Å². The maximum Gasteiger partial charge on any atom is 0.164 e. The van der Waals surface area contributed by atoms with Gasteiger partial charge in [0.05, 0.1) is 11.0 Å². The van der Waals surface area contributed by atoms with Crippen LogP contribution in [-0.4, -0.2) is 19.5 Å². The lowest BCUT2D eigenvalue weighted by atomic mass is 9.55. The second-order valence-electron chi connectivity index (χ2n) is 15.7. The summed E-state index contributed by atoms with van der Waals surface area (Å²) in [6.45, 7) is 9.67. The van der Waals surface area contributed by atoms with Crippen LogP contribution in [0.15, 0.2) is 170 Å². The monoisotopic (exact) mass is 708 g/mol. The molecule has 0 N–H and O–H groups in total. The smallest absolute Gasteiger partial charge is 0.164 e. The van der Waals surface area contributed by atoms with Gasteiger partial charge in [-0.1, -0.05) is 167 Å². The van der Waals surface area contributed by atoms with Gasteiger partial charge < -0.3 is 4.57 Å². The van der Waals surface area contributed by atoms with Crippen molar-refractivity contribution in [1.82, 2.24) is 19.5 Å². The molecule has 0 saturated heterocycles. The molecular formula is C51H40N4. The molecule has 4 nitrogen and oxygen atoms in total. The Kier molecular flexibility index (Phi) is 7.47. The topological polar surface area (TPSA) is 43.6 Å². The second kappa shape index (κ2) is 12.5. The standard InChI is InChI=1S/C51H40N4/c1-50(2)42-26-16-14-24-39(42)40-28-29-44-45(46(40)51(50,3)4)41-25-15-17-27-43(41)55(44)38-31-36(33-18-8-5-9-19-33)30-37(32-38)49-53-47(34-20-10-6-11-21-34)52-48(54-49)35-22-12-7-13-23-35/h5-32H,1-4H3. The fourth-order valence-corrected chi connectivity index (χ4v) is 8.73. The quantitative estimate of drug-likeness (QED) is 0.179. The molecule has 1 aliphatic rings. The van der Waals surface area contributed by atoms with E-state index in [1.54, 1.807) is 0 Å². The van der Waals surface area contributed by atoms with Crippen molar-refractivity contribution >= 4 is 21.8 Å². The highest BCUT2D eigenvalue weighted by molar-refractivity contribution is 6.14. The minimum absolute atomic E-state index is 0.0971. The zero-order chi connectivity index (χ0) is 37.3. The predicted molar refractivity (Wildman–Crippen MR) is 227 cm³/mol. The van der Waals surface area contributed by atoms with Gasteiger partial charge in [0.25, 0.3) is 0 Å². The SMILES string of the molecule is CC1(C)c2ccccc2-c2ccc3c(c2C1(C)C)c1ccccc1n3-c1cc(-c2ccccc2)cc(-c2nc(-c3ccccc3)nc(-c3ccccc3)n2)c1. The molecule has 0 saturated carbocycles. The van der Waals surface area contributed by atoms with Crippen LogP contribution >= 0.6 is 0 Å². The van der Waals surface area contributed by atoms with Gasteiger partial charge in [-0.05, 0) is 69.1 Å². The summed E-state index contributed by atoms with van der Waals surface area (Å²) in [7, 11) is 0. The average molecular weight is 709 g/mol. The summed E-state index contributed by atoms with van der Waals surface area (Å²) in [4.78, 5) is 15.3. The molecule has 0 fully saturated rings. The Morgan fingerprint density at radius 1 is 0.400 bits per heavy atom. The molecular weight excluding hydrogens is 669 g/mol. The number of para-hydroxylation sites is 1. The van der Waals surface area contributed by atoms with Gasteiger partial charge in [-0.15, -0.1) is 0 Å². The Morgan fingerprint density at radius 3 is 1.58 bits per heavy atom. The highest BCUT2D eigenvalue weighted by Crippen LogP contribution is 2.56. The summed E-state index contributed by atoms with van der Waals surface area (Å²) in [5.74, 6) is 1.92. The molecule has 0 atom stereocenters. The van der Waals surface area contributed by atoms with E-state index in [4.69, 9.17) is 15.0 Å². The first-order valence-electron chi connectivity index (χ1n) is 19.0. The number of fused-ring (bicyclic) bond motifs is 7. The molecule has 7 aromatic carbocycles. The van der Waals surface area contributed by atoms with Crippen LogP contribution < -0.4 is 0 Å². The molecule has 0 unspecified atom stereocenters. The van der Waals surface area contributed by atoms with Gasteiger partial charge in [0, 0.05) is 38.6 Å². The molecule has 0 bridgehead atoms. The van der Waals surface area contributed by atoms with Gasteiger partial charge in [0.1, 0.15) is 0 Å². The van der Waals surface area contributed by atoms with E-state index in [9.17, 15) is 0 Å². The van der Waals surface area contributed by atoms with Crippen molar-refractivity contribution in [3.8, 4) is 62.1 Å². The van der Waals surface area contributed by atoms with Crippen LogP contribution in [-0.2, 0) is 10.8 Å². The predicted octanol–water partition coefficient (Wildman–Crippen LogP) is 12.9. The van der Waals surface area contributed by atoms with Crippen LogP contribution in [0.25, 0.3) is 83.9 Å². The molecule has 55 heavy (non-hydrogen) atoms. The van der Waals surface area contributed by atoms with Gasteiger partial charge in [0.15, 0.2) is 17.5 Å². The van der Waals surface area contributed by atoms with E-state index >= 15 is 0 Å². The van der Waals surface area contributed by atoms with Crippen molar-refractivity contribution in [3.05, 3.63) is 181 Å². The first-order valence-corrected chi connectivity index (χ1v) is 19.0. The van der Waals surface area contributed by atoms with Crippen molar-refractivity contribution in [2.24, 2.45) is 0 Å². The van der Waals surface area contributed by atoms with Crippen LogP contribution in [0.4, 0.5) is 0 Å². The summed E-state index contributed by atoms with van der Waals surface area (Å²) in [6, 6.07) is 60.3. The minimum atomic E-state index is -0.158. The van der Waals surface area contributed by atoms with Crippen molar-refractivity contribution < 1.29 is 0 Å². The van der Waals surface area contributed by atoms with Gasteiger partial charge in [-0.25, -0.2) is 15.0 Å². The van der Waals surface area contributed by atoms with Gasteiger partial charge in [-0.3, -0.25) is 0 Å². The lowest BCUT2D eigenvalue weighted by molar-refractivity contribution is 0.301. The highest BCUT2D eigenvalue weighted by atomic mass is 15.0. The zero-order valence-electron chi connectivity index (χ0n) is 31.5. The lowest BCUT2D eigenvalue weighted by Gasteiger charge is -2.48. The molecule has 0 radical (unpaired) electrons. The molecule has 9 aromatic rings. The number of hydrogen-bond acceptors (Lipinski definition) is 3. The van der Waals surface area contributed by atoms with E-state index in [-0.39, 0.29) is 10.8 Å². The van der Waals surface area contributed by atoms with Crippen LogP contribution in [0.1, 0.15) is 38.8 Å². The second-order valence-corrected chi connectivity index (χ2v) is 15.7. The first kappa shape index (κ1) is 33.0. The molecule has 0 amide bonds. The summed E-state index contributed by atoms with van der Waals surface area (Å²) in [5.41, 5.74) is 13.6. The third-order valence-corrected chi connectivity index (χ3v) is 12.2. The molecule has 1 aliphatic carbocycles. The van der Waals surface area contributed by atoms with Crippen molar-refractivity contribution in [3.63, 3.8) is 0 Å². The highest BCUT2D eigenvalue weighted by Gasteiger charge is 2.47. The number of rotatable bonds is 5. The molecule has 0 spiro atoms. The van der Waals surface area contributed by atoms with Crippen LogP contribution in [0, 0.1) is 0 Å². The summed E-state index contributed by atoms with van der Waals surface area (Å²) in [5, 5.41) is 2.56. The maximum atomic E-state index is 5.16. The number of benzene rings is 7. The zero-order valence-corrected chi connectivity index (χ0v) is 31.5. The molecule has 10 rings (SSSR count). The van der Waals surface area contributed by atoms with E-state index in [0.29, 0.717) is 17.5 Å². The third kappa shape index (κ3) is 5.16. The van der Waals surface area contributed by atoms with E-state index in [2.05, 4.69) is 166 Å². The normalized spacial score (nSPS) is 14.1. The van der Waals surface area contributed by atoms with E-state index in [1.807, 2.05) is 36.4 Å². The lowest BCUT2D eigenvalue weighted by Crippen LogP contribution is -2.43. The third-order valence-electron chi connectivity index (χ3n) is 12.2. The molecule has 2 aromatic heterocycles. The Bertz CT molecular complexity index is 2850. The molecule has 4 heteroatoms. The Hall–Kier alpha value is -6.65. The van der Waals surface area contributed by atoms with Gasteiger partial charge in [-0.2, -0.15) is 0 Å². The minimum Gasteiger partial charge on any atom is -0.309 e. The molecule has 2 heterocycles. The maximum absolute atomic E-state index is 5.16. The average Bonchev–Trinajstić information content (AvgIpc) is 3.58. The largest absolute Gasteiger partial charge is 0.309 e. The number of aromatic nitrogens is 4. The number of hydrogen-bond donors (Lipinski definition) is 0. The summed E-state index contributed by atoms with van der Waals surface area (Å²) >= 11 is 0. The van der Waals surface area contributed by atoms with E-state index in [1.165, 1.54) is 44.1 Å². The molecule has 0 aliphatic heterocycles. The van der Waals surface area contributed by atoms with Crippen molar-refractivity contribution in [1.29, 1.82) is 0 Å². The van der Waals surface area contributed by atoms with Crippen LogP contribution in [0.5, 0.6) is 0 Å². The van der Waals surface area contributed by atoms with Crippen LogP contribution in [0.3, 0.4) is 0 Å². The Balaban J connectivity index is 1.27. The Labute approximate surface area is 321 Å². The van der Waals surface area contributed by atoms with Crippen molar-refractivity contribution in [2.45, 2.75) is 38.5 Å². The van der Waals surface area contributed by atoms with Crippen LogP contribution in [0.2, 0.25) is 0 Å². The summed E-state index contributed by atoms with van der Waals surface area (Å²) < 4.78 is 2.45.